The van der Waals surface area contributed by atoms with Crippen LogP contribution in [-0.4, -0.2) is 14.4 Å². The number of rotatable bonds is 4. The Morgan fingerprint density at radius 1 is 1.19 bits per heavy atom. The molecule has 122 valence electrons. The third-order valence-corrected chi connectivity index (χ3v) is 9.63. The van der Waals surface area contributed by atoms with E-state index >= 15 is 0 Å². The molecule has 1 fully saturated rings. The van der Waals surface area contributed by atoms with Crippen LogP contribution in [0, 0.1) is 12.0 Å². The van der Waals surface area contributed by atoms with Crippen molar-refractivity contribution in [1.29, 1.82) is 0 Å². The summed E-state index contributed by atoms with van der Waals surface area (Å²) in [6, 6.07) is 11.5. The van der Waals surface area contributed by atoms with Crippen molar-refractivity contribution in [2.45, 2.75) is 70.7 Å². The van der Waals surface area contributed by atoms with E-state index in [1.54, 1.807) is 0 Å². The molecule has 0 heterocycles. The van der Waals surface area contributed by atoms with Gasteiger partial charge >= 0.3 is 17.1 Å². The summed E-state index contributed by atoms with van der Waals surface area (Å²) in [6.45, 7) is 11.7. The number of hydrogen-bond donors (Lipinski definition) is 0. The minimum atomic E-state index is -1.64. The Kier molecular flexibility index (Phi) is 6.73. The molecule has 1 nitrogen and oxygen atoms in total. The van der Waals surface area contributed by atoms with Crippen LogP contribution in [0.5, 0.6) is 0 Å². The molecule has 0 bridgehead atoms. The van der Waals surface area contributed by atoms with Gasteiger partial charge in [0.05, 0.1) is 0 Å². The first kappa shape index (κ1) is 19.0. The molecule has 1 saturated carbocycles. The smallest absolute Gasteiger partial charge is 0.414 e. The van der Waals surface area contributed by atoms with Crippen molar-refractivity contribution in [3.05, 3.63) is 35.9 Å². The Balaban J connectivity index is 0.00000220. The van der Waals surface area contributed by atoms with Crippen molar-refractivity contribution in [2.24, 2.45) is 5.92 Å². The molecule has 0 saturated heterocycles. The molecule has 1 aliphatic rings. The summed E-state index contributed by atoms with van der Waals surface area (Å²) in [4.78, 5) is 0. The summed E-state index contributed by atoms with van der Waals surface area (Å²) >= 11 is 0. The quantitative estimate of drug-likeness (QED) is 0.533. The molecule has 1 aliphatic carbocycles. The van der Waals surface area contributed by atoms with Gasteiger partial charge in [0.1, 0.15) is 0 Å². The Morgan fingerprint density at radius 3 is 2.38 bits per heavy atom. The van der Waals surface area contributed by atoms with Crippen LogP contribution >= 0.6 is 0 Å². The van der Waals surface area contributed by atoms with Crippen LogP contribution in [-0.2, 0) is 27.9 Å². The molecule has 2 atom stereocenters. The maximum atomic E-state index is 6.68. The molecule has 3 heteroatoms. The van der Waals surface area contributed by atoms with E-state index < -0.39 is 8.32 Å². The molecule has 0 N–H and O–H groups in total. The van der Waals surface area contributed by atoms with E-state index in [9.17, 15) is 0 Å². The van der Waals surface area contributed by atoms with Crippen molar-refractivity contribution in [2.75, 3.05) is 0 Å². The van der Waals surface area contributed by atoms with Gasteiger partial charge < -0.3 is 4.43 Å². The van der Waals surface area contributed by atoms with Crippen LogP contribution < -0.4 is 0 Å². The summed E-state index contributed by atoms with van der Waals surface area (Å²) < 4.78 is 6.68. The average molecular weight is 353 g/mol. The molecule has 21 heavy (non-hydrogen) atoms. The molecular weight excluding hydrogens is 324 g/mol. The summed E-state index contributed by atoms with van der Waals surface area (Å²) in [5.74, 6) is 0.700. The standard InChI is InChI=1S/C18H29OSi.Cu/c1-18(2,3)20(4,5)19-17-13-9-12-16(17)14-15-10-7-6-8-11-15;/h7-8,10-11,16-17H,9,12-14H2,1-5H3;/q-1;+1/t16-,17+;/m1./s1. The average Bonchev–Trinajstić information content (AvgIpc) is 2.76. The molecule has 0 spiro atoms. The molecule has 0 aliphatic heterocycles. The van der Waals surface area contributed by atoms with Crippen LogP contribution in [0.4, 0.5) is 0 Å². The maximum Gasteiger partial charge on any atom is 1.00 e. The fraction of sp³-hybridized carbons (Fsp3) is 0.667. The largest absolute Gasteiger partial charge is 1.00 e. The predicted molar refractivity (Wildman–Crippen MR) is 88.4 cm³/mol. The predicted octanol–water partition coefficient (Wildman–Crippen LogP) is 5.22. The first-order chi connectivity index (χ1) is 9.29. The Labute approximate surface area is 142 Å². The fourth-order valence-electron chi connectivity index (χ4n) is 2.81. The Morgan fingerprint density at radius 2 is 1.81 bits per heavy atom. The van der Waals surface area contributed by atoms with E-state index in [-0.39, 0.29) is 17.1 Å². The summed E-state index contributed by atoms with van der Waals surface area (Å²) in [6.07, 6.45) is 5.52. The summed E-state index contributed by atoms with van der Waals surface area (Å²) in [5.41, 5.74) is 1.43. The molecule has 1 aromatic carbocycles. The van der Waals surface area contributed by atoms with Gasteiger partial charge in [0.2, 0.25) is 0 Å². The van der Waals surface area contributed by atoms with Crippen LogP contribution in [0.2, 0.25) is 18.1 Å². The van der Waals surface area contributed by atoms with E-state index in [4.69, 9.17) is 4.43 Å². The molecule has 0 unspecified atom stereocenters. The second kappa shape index (κ2) is 7.46. The van der Waals surface area contributed by atoms with Gasteiger partial charge in [-0.15, -0.1) is 0 Å². The maximum absolute atomic E-state index is 6.68. The van der Waals surface area contributed by atoms with Gasteiger partial charge in [0.15, 0.2) is 8.32 Å². The van der Waals surface area contributed by atoms with Crippen LogP contribution in [0.3, 0.4) is 0 Å². The monoisotopic (exact) mass is 352 g/mol. The van der Waals surface area contributed by atoms with Crippen molar-refractivity contribution in [3.63, 3.8) is 0 Å². The Hall–Kier alpha value is -0.0836. The summed E-state index contributed by atoms with van der Waals surface area (Å²) in [5, 5.41) is 0.307. The van der Waals surface area contributed by atoms with Crippen molar-refractivity contribution < 1.29 is 21.5 Å². The zero-order valence-electron chi connectivity index (χ0n) is 14.0. The van der Waals surface area contributed by atoms with E-state index in [1.807, 2.05) is 12.1 Å². The Bertz CT molecular complexity index is 425. The SMILES string of the molecule is CC(C)(C)[Si](C)(C)O[C@H]1CCC[C@@H]1Cc1cc[c-]cc1.[Cu+]. The third kappa shape index (κ3) is 4.96. The van der Waals surface area contributed by atoms with E-state index in [0.717, 1.165) is 6.42 Å². The normalized spacial score (nSPS) is 22.9. The second-order valence-electron chi connectivity index (χ2n) is 7.72. The minimum absolute atomic E-state index is 0. The third-order valence-electron chi connectivity index (χ3n) is 5.13. The van der Waals surface area contributed by atoms with Gasteiger partial charge in [-0.1, -0.05) is 27.2 Å². The number of benzene rings is 1. The zero-order valence-corrected chi connectivity index (χ0v) is 15.9. The van der Waals surface area contributed by atoms with Gasteiger partial charge in [-0.3, -0.25) is 0 Å². The van der Waals surface area contributed by atoms with Gasteiger partial charge in [0.25, 0.3) is 0 Å². The van der Waals surface area contributed by atoms with E-state index in [2.05, 4.69) is 52.1 Å². The van der Waals surface area contributed by atoms with Gasteiger partial charge in [-0.25, -0.2) is 0 Å². The van der Waals surface area contributed by atoms with E-state index in [1.165, 1.54) is 24.8 Å². The van der Waals surface area contributed by atoms with Gasteiger partial charge in [-0.2, -0.15) is 35.9 Å². The zero-order chi connectivity index (χ0) is 14.8. The van der Waals surface area contributed by atoms with Crippen LogP contribution in [0.15, 0.2) is 24.3 Å². The van der Waals surface area contributed by atoms with Crippen LogP contribution in [0.25, 0.3) is 0 Å². The van der Waals surface area contributed by atoms with E-state index in [0.29, 0.717) is 17.1 Å². The van der Waals surface area contributed by atoms with Crippen molar-refractivity contribution >= 4 is 8.32 Å². The molecular formula is C18H29CuOSi. The van der Waals surface area contributed by atoms with Crippen molar-refractivity contribution in [1.82, 2.24) is 0 Å². The van der Waals surface area contributed by atoms with Gasteiger partial charge in [0, 0.05) is 6.10 Å². The molecule has 2 rings (SSSR count). The summed E-state index contributed by atoms with van der Waals surface area (Å²) in [7, 11) is -1.64. The minimum Gasteiger partial charge on any atom is -0.414 e. The first-order valence-electron chi connectivity index (χ1n) is 7.92. The molecule has 0 radical (unpaired) electrons. The molecule has 0 aromatic heterocycles. The van der Waals surface area contributed by atoms with Gasteiger partial charge in [-0.05, 0) is 43.3 Å². The fourth-order valence-corrected chi connectivity index (χ4v) is 4.23. The molecule has 0 amide bonds. The second-order valence-corrected chi connectivity index (χ2v) is 12.5. The first-order valence-corrected chi connectivity index (χ1v) is 10.8. The van der Waals surface area contributed by atoms with Crippen LogP contribution in [0.1, 0.15) is 45.6 Å². The number of hydrogen-bond acceptors (Lipinski definition) is 1. The topological polar surface area (TPSA) is 9.23 Å². The molecule has 1 aromatic rings. The van der Waals surface area contributed by atoms with Crippen molar-refractivity contribution in [3.8, 4) is 0 Å².